The van der Waals surface area contributed by atoms with Crippen molar-refractivity contribution in [2.75, 3.05) is 12.4 Å². The minimum Gasteiger partial charge on any atom is -0.465 e. The molecule has 0 fully saturated rings. The second-order valence-electron chi connectivity index (χ2n) is 4.84. The number of carbonyl (C=O) groups is 1. The zero-order chi connectivity index (χ0) is 14.5. The van der Waals surface area contributed by atoms with E-state index in [4.69, 9.17) is 0 Å². The highest BCUT2D eigenvalue weighted by molar-refractivity contribution is 5.89. The summed E-state index contributed by atoms with van der Waals surface area (Å²) in [5.41, 5.74) is 5.36. The van der Waals surface area contributed by atoms with Crippen LogP contribution < -0.4 is 5.32 Å². The molecule has 0 bridgehead atoms. The standard InChI is InChI=1S/C17H19NO2/c1-12-4-9-16(10-13(12)2)18-11-14-5-7-15(8-6-14)17(19)20-3/h4-10,18H,11H2,1-3H3. The maximum absolute atomic E-state index is 11.3. The molecule has 0 heterocycles. The first-order valence-corrected chi connectivity index (χ1v) is 6.58. The Morgan fingerprint density at radius 2 is 1.75 bits per heavy atom. The summed E-state index contributed by atoms with van der Waals surface area (Å²) in [7, 11) is 1.39. The number of esters is 1. The molecule has 0 aliphatic rings. The van der Waals surface area contributed by atoms with E-state index in [9.17, 15) is 4.79 Å². The molecule has 20 heavy (non-hydrogen) atoms. The lowest BCUT2D eigenvalue weighted by Crippen LogP contribution is -2.03. The fourth-order valence-corrected chi connectivity index (χ4v) is 1.93. The smallest absolute Gasteiger partial charge is 0.337 e. The molecule has 0 atom stereocenters. The average Bonchev–Trinajstić information content (AvgIpc) is 2.48. The molecule has 0 aliphatic heterocycles. The molecule has 0 amide bonds. The van der Waals surface area contributed by atoms with E-state index in [2.05, 4.69) is 42.1 Å². The van der Waals surface area contributed by atoms with Gasteiger partial charge in [0.15, 0.2) is 0 Å². The summed E-state index contributed by atoms with van der Waals surface area (Å²) in [6, 6.07) is 13.7. The lowest BCUT2D eigenvalue weighted by molar-refractivity contribution is 0.0600. The molecule has 2 rings (SSSR count). The van der Waals surface area contributed by atoms with Crippen LogP contribution in [0.5, 0.6) is 0 Å². The van der Waals surface area contributed by atoms with Gasteiger partial charge >= 0.3 is 5.97 Å². The maximum Gasteiger partial charge on any atom is 0.337 e. The van der Waals surface area contributed by atoms with Crippen molar-refractivity contribution in [3.05, 3.63) is 64.7 Å². The van der Waals surface area contributed by atoms with Crippen molar-refractivity contribution in [3.8, 4) is 0 Å². The number of benzene rings is 2. The Morgan fingerprint density at radius 3 is 2.35 bits per heavy atom. The number of anilines is 1. The highest BCUT2D eigenvalue weighted by atomic mass is 16.5. The minimum atomic E-state index is -0.307. The Hall–Kier alpha value is -2.29. The second-order valence-corrected chi connectivity index (χ2v) is 4.84. The summed E-state index contributed by atoms with van der Waals surface area (Å²) in [6.07, 6.45) is 0. The Bertz CT molecular complexity index is 603. The molecule has 1 N–H and O–H groups in total. The third-order valence-corrected chi connectivity index (χ3v) is 3.38. The van der Waals surface area contributed by atoms with Crippen LogP contribution in [-0.4, -0.2) is 13.1 Å². The zero-order valence-electron chi connectivity index (χ0n) is 12.1. The van der Waals surface area contributed by atoms with E-state index in [0.29, 0.717) is 5.56 Å². The summed E-state index contributed by atoms with van der Waals surface area (Å²) >= 11 is 0. The molecule has 0 aromatic heterocycles. The summed E-state index contributed by atoms with van der Waals surface area (Å²) < 4.78 is 4.68. The lowest BCUT2D eigenvalue weighted by Gasteiger charge is -2.09. The first-order valence-electron chi connectivity index (χ1n) is 6.58. The van der Waals surface area contributed by atoms with Crippen molar-refractivity contribution in [2.24, 2.45) is 0 Å². The monoisotopic (exact) mass is 269 g/mol. The van der Waals surface area contributed by atoms with Crippen LogP contribution in [0.25, 0.3) is 0 Å². The first kappa shape index (κ1) is 14.1. The van der Waals surface area contributed by atoms with Gasteiger partial charge in [-0.3, -0.25) is 0 Å². The van der Waals surface area contributed by atoms with Gasteiger partial charge in [-0.2, -0.15) is 0 Å². The number of aryl methyl sites for hydroxylation is 2. The van der Waals surface area contributed by atoms with Crippen molar-refractivity contribution in [1.29, 1.82) is 0 Å². The predicted octanol–water partition coefficient (Wildman–Crippen LogP) is 3.70. The molecular weight excluding hydrogens is 250 g/mol. The van der Waals surface area contributed by atoms with Crippen molar-refractivity contribution >= 4 is 11.7 Å². The number of ether oxygens (including phenoxy) is 1. The molecular formula is C17H19NO2. The van der Waals surface area contributed by atoms with Crippen LogP contribution in [0.3, 0.4) is 0 Å². The zero-order valence-corrected chi connectivity index (χ0v) is 12.1. The second kappa shape index (κ2) is 6.24. The van der Waals surface area contributed by atoms with Crippen LogP contribution in [0.1, 0.15) is 27.0 Å². The van der Waals surface area contributed by atoms with Crippen LogP contribution in [0.2, 0.25) is 0 Å². The number of hydrogen-bond acceptors (Lipinski definition) is 3. The van der Waals surface area contributed by atoms with E-state index in [1.807, 2.05) is 12.1 Å². The number of hydrogen-bond donors (Lipinski definition) is 1. The molecule has 3 nitrogen and oxygen atoms in total. The Morgan fingerprint density at radius 1 is 1.05 bits per heavy atom. The van der Waals surface area contributed by atoms with Crippen LogP contribution in [0.4, 0.5) is 5.69 Å². The molecule has 2 aromatic carbocycles. The summed E-state index contributed by atoms with van der Waals surface area (Å²) in [6.45, 7) is 4.93. The molecule has 0 saturated carbocycles. The van der Waals surface area contributed by atoms with E-state index in [0.717, 1.165) is 17.8 Å². The van der Waals surface area contributed by atoms with Crippen LogP contribution in [0, 0.1) is 13.8 Å². The van der Waals surface area contributed by atoms with Gasteiger partial charge in [-0.15, -0.1) is 0 Å². The molecule has 0 unspecified atom stereocenters. The summed E-state index contributed by atoms with van der Waals surface area (Å²) in [5, 5.41) is 3.38. The molecule has 0 spiro atoms. The molecule has 0 aliphatic carbocycles. The molecule has 3 heteroatoms. The maximum atomic E-state index is 11.3. The van der Waals surface area contributed by atoms with Crippen LogP contribution >= 0.6 is 0 Å². The highest BCUT2D eigenvalue weighted by Gasteiger charge is 2.04. The molecule has 0 radical (unpaired) electrons. The van der Waals surface area contributed by atoms with Crippen molar-refractivity contribution in [3.63, 3.8) is 0 Å². The fourth-order valence-electron chi connectivity index (χ4n) is 1.93. The van der Waals surface area contributed by atoms with E-state index >= 15 is 0 Å². The van der Waals surface area contributed by atoms with Gasteiger partial charge in [0, 0.05) is 12.2 Å². The highest BCUT2D eigenvalue weighted by Crippen LogP contribution is 2.15. The minimum absolute atomic E-state index is 0.307. The topological polar surface area (TPSA) is 38.3 Å². The van der Waals surface area contributed by atoms with Gasteiger partial charge in [-0.25, -0.2) is 4.79 Å². The van der Waals surface area contributed by atoms with Crippen molar-refractivity contribution in [1.82, 2.24) is 0 Å². The largest absolute Gasteiger partial charge is 0.465 e. The van der Waals surface area contributed by atoms with Gasteiger partial charge in [0.25, 0.3) is 0 Å². The summed E-state index contributed by atoms with van der Waals surface area (Å²) in [4.78, 5) is 11.3. The van der Waals surface area contributed by atoms with Crippen molar-refractivity contribution < 1.29 is 9.53 Å². The van der Waals surface area contributed by atoms with E-state index in [1.54, 1.807) is 12.1 Å². The van der Waals surface area contributed by atoms with Gasteiger partial charge in [-0.05, 0) is 54.8 Å². The van der Waals surface area contributed by atoms with E-state index < -0.39 is 0 Å². The molecule has 0 saturated heterocycles. The number of rotatable bonds is 4. The van der Waals surface area contributed by atoms with Gasteiger partial charge in [0.2, 0.25) is 0 Å². The molecule has 2 aromatic rings. The fraction of sp³-hybridized carbons (Fsp3) is 0.235. The lowest BCUT2D eigenvalue weighted by atomic mass is 10.1. The Balaban J connectivity index is 2.00. The Kier molecular flexibility index (Phi) is 4.41. The summed E-state index contributed by atoms with van der Waals surface area (Å²) in [5.74, 6) is -0.307. The van der Waals surface area contributed by atoms with Crippen LogP contribution in [-0.2, 0) is 11.3 Å². The van der Waals surface area contributed by atoms with Gasteiger partial charge in [0.1, 0.15) is 0 Å². The molecule has 104 valence electrons. The van der Waals surface area contributed by atoms with Crippen molar-refractivity contribution in [2.45, 2.75) is 20.4 Å². The van der Waals surface area contributed by atoms with E-state index in [1.165, 1.54) is 18.2 Å². The SMILES string of the molecule is COC(=O)c1ccc(CNc2ccc(C)c(C)c2)cc1. The third kappa shape index (κ3) is 3.38. The van der Waals surface area contributed by atoms with Gasteiger partial charge in [0.05, 0.1) is 12.7 Å². The predicted molar refractivity (Wildman–Crippen MR) is 81.0 cm³/mol. The first-order chi connectivity index (χ1) is 9.60. The van der Waals surface area contributed by atoms with Gasteiger partial charge in [-0.1, -0.05) is 18.2 Å². The average molecular weight is 269 g/mol. The quantitative estimate of drug-likeness (QED) is 0.860. The number of carbonyl (C=O) groups excluding carboxylic acids is 1. The van der Waals surface area contributed by atoms with Crippen LogP contribution in [0.15, 0.2) is 42.5 Å². The Labute approximate surface area is 119 Å². The third-order valence-electron chi connectivity index (χ3n) is 3.38. The van der Waals surface area contributed by atoms with Gasteiger partial charge < -0.3 is 10.1 Å². The number of nitrogens with one attached hydrogen (secondary N) is 1. The normalized spacial score (nSPS) is 10.2. The van der Waals surface area contributed by atoms with E-state index in [-0.39, 0.29) is 5.97 Å². The number of methoxy groups -OCH3 is 1.